The van der Waals surface area contributed by atoms with Crippen LogP contribution in [-0.4, -0.2) is 24.0 Å². The summed E-state index contributed by atoms with van der Waals surface area (Å²) < 4.78 is 4.63. The fourth-order valence-corrected chi connectivity index (χ4v) is 2.03. The molecule has 1 N–H and O–H groups in total. The van der Waals surface area contributed by atoms with E-state index in [2.05, 4.69) is 15.0 Å². The van der Waals surface area contributed by atoms with E-state index in [4.69, 9.17) is 0 Å². The number of carbonyl (C=O) groups excluding carboxylic acids is 2. The van der Waals surface area contributed by atoms with Crippen molar-refractivity contribution in [1.82, 2.24) is 10.3 Å². The van der Waals surface area contributed by atoms with E-state index in [0.29, 0.717) is 11.1 Å². The van der Waals surface area contributed by atoms with Gasteiger partial charge in [0.2, 0.25) is 0 Å². The Bertz CT molecular complexity index is 664. The number of rotatable bonds is 4. The van der Waals surface area contributed by atoms with Crippen LogP contribution in [-0.2, 0) is 10.3 Å². The topological polar surface area (TPSA) is 68.3 Å². The third kappa shape index (κ3) is 3.49. The van der Waals surface area contributed by atoms with Crippen molar-refractivity contribution in [3.63, 3.8) is 0 Å². The summed E-state index contributed by atoms with van der Waals surface area (Å²) in [7, 11) is 1.32. The molecule has 1 aromatic heterocycles. The first-order valence-corrected chi connectivity index (χ1v) is 6.86. The normalized spacial score (nSPS) is 10.9. The number of hydrogen-bond acceptors (Lipinski definition) is 4. The van der Waals surface area contributed by atoms with Crippen molar-refractivity contribution in [1.29, 1.82) is 0 Å². The summed E-state index contributed by atoms with van der Waals surface area (Å²) in [5, 5.41) is 2.93. The maximum atomic E-state index is 12.3. The Kier molecular flexibility index (Phi) is 4.56. The molecule has 0 bridgehead atoms. The molecule has 0 atom stereocenters. The number of benzene rings is 1. The van der Waals surface area contributed by atoms with E-state index in [1.807, 2.05) is 32.0 Å². The van der Waals surface area contributed by atoms with Gasteiger partial charge in [-0.2, -0.15) is 0 Å². The van der Waals surface area contributed by atoms with E-state index >= 15 is 0 Å². The summed E-state index contributed by atoms with van der Waals surface area (Å²) in [6.07, 6.45) is 1.69. The minimum atomic E-state index is -0.598. The monoisotopic (exact) mass is 298 g/mol. The highest BCUT2D eigenvalue weighted by Gasteiger charge is 2.24. The number of nitrogens with zero attached hydrogens (tertiary/aromatic N) is 1. The summed E-state index contributed by atoms with van der Waals surface area (Å²) in [6, 6.07) is 11.9. The maximum Gasteiger partial charge on any atom is 0.337 e. The number of aromatic nitrogens is 1. The molecule has 1 heterocycles. The predicted octanol–water partition coefficient (Wildman–Crippen LogP) is 2.53. The first-order chi connectivity index (χ1) is 10.4. The molecular weight excluding hydrogens is 280 g/mol. The van der Waals surface area contributed by atoms with Crippen LogP contribution >= 0.6 is 0 Å². The second-order valence-electron chi connectivity index (χ2n) is 5.36. The Morgan fingerprint density at radius 3 is 2.23 bits per heavy atom. The molecule has 2 aromatic rings. The first kappa shape index (κ1) is 15.7. The van der Waals surface area contributed by atoms with Crippen LogP contribution < -0.4 is 5.32 Å². The van der Waals surface area contributed by atoms with Gasteiger partial charge in [-0.25, -0.2) is 4.79 Å². The summed E-state index contributed by atoms with van der Waals surface area (Å²) >= 11 is 0. The van der Waals surface area contributed by atoms with Crippen LogP contribution in [0.25, 0.3) is 0 Å². The third-order valence-electron chi connectivity index (χ3n) is 3.30. The van der Waals surface area contributed by atoms with Gasteiger partial charge in [0.1, 0.15) is 0 Å². The quantitative estimate of drug-likeness (QED) is 0.881. The number of hydrogen-bond donors (Lipinski definition) is 1. The van der Waals surface area contributed by atoms with Gasteiger partial charge in [0, 0.05) is 11.8 Å². The van der Waals surface area contributed by atoms with Gasteiger partial charge in [-0.05, 0) is 50.2 Å². The van der Waals surface area contributed by atoms with Crippen molar-refractivity contribution in [2.24, 2.45) is 0 Å². The van der Waals surface area contributed by atoms with E-state index < -0.39 is 11.5 Å². The van der Waals surface area contributed by atoms with Gasteiger partial charge < -0.3 is 10.1 Å². The average Bonchev–Trinajstić information content (AvgIpc) is 2.54. The summed E-state index contributed by atoms with van der Waals surface area (Å²) in [5.74, 6) is -0.659. The van der Waals surface area contributed by atoms with Gasteiger partial charge in [0.05, 0.1) is 23.9 Å². The Morgan fingerprint density at radius 1 is 1.05 bits per heavy atom. The number of esters is 1. The van der Waals surface area contributed by atoms with Gasteiger partial charge in [-0.1, -0.05) is 6.07 Å². The average molecular weight is 298 g/mol. The molecule has 0 fully saturated rings. The third-order valence-corrected chi connectivity index (χ3v) is 3.30. The molecule has 0 aliphatic carbocycles. The molecule has 5 heteroatoms. The Morgan fingerprint density at radius 2 is 1.68 bits per heavy atom. The van der Waals surface area contributed by atoms with Crippen LogP contribution in [0.15, 0.2) is 48.7 Å². The zero-order valence-corrected chi connectivity index (χ0v) is 12.8. The molecule has 0 saturated carbocycles. The van der Waals surface area contributed by atoms with Crippen molar-refractivity contribution < 1.29 is 14.3 Å². The fraction of sp³-hybridized carbons (Fsp3) is 0.235. The minimum Gasteiger partial charge on any atom is -0.465 e. The van der Waals surface area contributed by atoms with Crippen LogP contribution in [0.3, 0.4) is 0 Å². The molecule has 22 heavy (non-hydrogen) atoms. The zero-order chi connectivity index (χ0) is 16.2. The lowest BCUT2D eigenvalue weighted by Gasteiger charge is -2.25. The SMILES string of the molecule is COC(=O)c1ccc(C(=O)NC(C)(C)c2ccccn2)cc1. The molecule has 0 aliphatic heterocycles. The Labute approximate surface area is 129 Å². The number of nitrogens with one attached hydrogen (secondary N) is 1. The Hall–Kier alpha value is -2.69. The highest BCUT2D eigenvalue weighted by Crippen LogP contribution is 2.18. The lowest BCUT2D eigenvalue weighted by Crippen LogP contribution is -2.41. The lowest BCUT2D eigenvalue weighted by molar-refractivity contribution is 0.0600. The largest absolute Gasteiger partial charge is 0.465 e. The van der Waals surface area contributed by atoms with E-state index in [1.165, 1.54) is 7.11 Å². The van der Waals surface area contributed by atoms with Crippen molar-refractivity contribution in [2.45, 2.75) is 19.4 Å². The zero-order valence-electron chi connectivity index (χ0n) is 12.8. The van der Waals surface area contributed by atoms with Crippen molar-refractivity contribution in [2.75, 3.05) is 7.11 Å². The molecule has 0 saturated heterocycles. The van der Waals surface area contributed by atoms with Gasteiger partial charge in [-0.15, -0.1) is 0 Å². The van der Waals surface area contributed by atoms with E-state index in [0.717, 1.165) is 5.69 Å². The summed E-state index contributed by atoms with van der Waals surface area (Å²) in [6.45, 7) is 3.77. The van der Waals surface area contributed by atoms with Crippen molar-refractivity contribution in [3.8, 4) is 0 Å². The minimum absolute atomic E-state index is 0.230. The van der Waals surface area contributed by atoms with Crippen molar-refractivity contribution in [3.05, 3.63) is 65.5 Å². The van der Waals surface area contributed by atoms with Crippen LogP contribution in [0.5, 0.6) is 0 Å². The van der Waals surface area contributed by atoms with Crippen LogP contribution in [0, 0.1) is 0 Å². The molecule has 1 amide bonds. The predicted molar refractivity (Wildman–Crippen MR) is 82.5 cm³/mol. The summed E-state index contributed by atoms with van der Waals surface area (Å²) in [4.78, 5) is 28.0. The number of methoxy groups -OCH3 is 1. The number of pyridine rings is 1. The first-order valence-electron chi connectivity index (χ1n) is 6.86. The number of amides is 1. The van der Waals surface area contributed by atoms with Gasteiger partial charge in [-0.3, -0.25) is 9.78 Å². The highest BCUT2D eigenvalue weighted by molar-refractivity contribution is 5.96. The second kappa shape index (κ2) is 6.39. The van der Waals surface area contributed by atoms with E-state index in [9.17, 15) is 9.59 Å². The standard InChI is InChI=1S/C17H18N2O3/c1-17(2,14-6-4-5-11-18-14)19-15(20)12-7-9-13(10-8-12)16(21)22-3/h4-11H,1-3H3,(H,19,20). The molecule has 1 aromatic carbocycles. The molecular formula is C17H18N2O3. The van der Waals surface area contributed by atoms with E-state index in [-0.39, 0.29) is 5.91 Å². The summed E-state index contributed by atoms with van der Waals surface area (Å²) in [5.41, 5.74) is 1.05. The van der Waals surface area contributed by atoms with Crippen LogP contribution in [0.2, 0.25) is 0 Å². The number of ether oxygens (including phenoxy) is 1. The van der Waals surface area contributed by atoms with E-state index in [1.54, 1.807) is 30.5 Å². The second-order valence-corrected chi connectivity index (χ2v) is 5.36. The molecule has 5 nitrogen and oxygen atoms in total. The van der Waals surface area contributed by atoms with Crippen LogP contribution in [0.4, 0.5) is 0 Å². The number of carbonyl (C=O) groups is 2. The Balaban J connectivity index is 2.13. The van der Waals surface area contributed by atoms with Crippen LogP contribution in [0.1, 0.15) is 40.3 Å². The molecule has 0 radical (unpaired) electrons. The maximum absolute atomic E-state index is 12.3. The molecule has 0 unspecified atom stereocenters. The molecule has 2 rings (SSSR count). The fourth-order valence-electron chi connectivity index (χ4n) is 2.03. The van der Waals surface area contributed by atoms with Crippen molar-refractivity contribution >= 4 is 11.9 Å². The molecule has 114 valence electrons. The van der Waals surface area contributed by atoms with Gasteiger partial charge in [0.25, 0.3) is 5.91 Å². The van der Waals surface area contributed by atoms with Gasteiger partial charge in [0.15, 0.2) is 0 Å². The smallest absolute Gasteiger partial charge is 0.337 e. The highest BCUT2D eigenvalue weighted by atomic mass is 16.5. The van der Waals surface area contributed by atoms with Gasteiger partial charge >= 0.3 is 5.97 Å². The lowest BCUT2D eigenvalue weighted by atomic mass is 9.99. The molecule has 0 spiro atoms. The molecule has 0 aliphatic rings.